The molecule has 1 N–H and O–H groups in total. The zero-order valence-corrected chi connectivity index (χ0v) is 12.0. The molecule has 0 bridgehead atoms. The fraction of sp³-hybridized carbons (Fsp3) is 0.235. The maximum absolute atomic E-state index is 13.5. The number of hydrogen-bond donors (Lipinski definition) is 1. The molecule has 3 unspecified atom stereocenters. The summed E-state index contributed by atoms with van der Waals surface area (Å²) in [6.45, 7) is 0. The second-order valence-corrected chi connectivity index (χ2v) is 6.08. The van der Waals surface area contributed by atoms with Gasteiger partial charge in [-0.15, -0.1) is 0 Å². The van der Waals surface area contributed by atoms with E-state index in [4.69, 9.17) is 11.6 Å². The third-order valence-electron chi connectivity index (χ3n) is 4.41. The van der Waals surface area contributed by atoms with Gasteiger partial charge in [-0.05, 0) is 47.7 Å². The van der Waals surface area contributed by atoms with Gasteiger partial charge < -0.3 is 5.32 Å². The zero-order chi connectivity index (χ0) is 14.4. The van der Waals surface area contributed by atoms with Gasteiger partial charge in [-0.25, -0.2) is 4.39 Å². The molecule has 1 aliphatic heterocycles. The van der Waals surface area contributed by atoms with Crippen LogP contribution in [0.1, 0.15) is 29.5 Å². The summed E-state index contributed by atoms with van der Waals surface area (Å²) >= 11 is 6.07. The Balaban J connectivity index is 1.80. The van der Waals surface area contributed by atoms with Crippen LogP contribution in [0.15, 0.2) is 48.8 Å². The number of anilines is 1. The molecule has 0 amide bonds. The highest BCUT2D eigenvalue weighted by atomic mass is 35.5. The van der Waals surface area contributed by atoms with Crippen LogP contribution in [0.4, 0.5) is 10.1 Å². The van der Waals surface area contributed by atoms with Crippen molar-refractivity contribution in [3.8, 4) is 0 Å². The minimum Gasteiger partial charge on any atom is -0.378 e. The van der Waals surface area contributed by atoms with Crippen molar-refractivity contribution in [2.45, 2.75) is 18.4 Å². The highest BCUT2D eigenvalue weighted by molar-refractivity contribution is 6.30. The normalized spacial score (nSPS) is 26.1. The van der Waals surface area contributed by atoms with Crippen LogP contribution in [0.2, 0.25) is 5.02 Å². The summed E-state index contributed by atoms with van der Waals surface area (Å²) in [6, 6.07) is 7.06. The summed E-state index contributed by atoms with van der Waals surface area (Å²) in [5, 5.41) is 4.17. The summed E-state index contributed by atoms with van der Waals surface area (Å²) < 4.78 is 13.5. The summed E-state index contributed by atoms with van der Waals surface area (Å²) in [5.41, 5.74) is 3.12. The lowest BCUT2D eigenvalue weighted by Crippen LogP contribution is -2.29. The van der Waals surface area contributed by atoms with Gasteiger partial charge in [-0.1, -0.05) is 23.8 Å². The Hall–Kier alpha value is -1.87. The molecule has 21 heavy (non-hydrogen) atoms. The first-order valence-corrected chi connectivity index (χ1v) is 7.43. The Morgan fingerprint density at radius 3 is 3.00 bits per heavy atom. The highest BCUT2D eigenvalue weighted by Gasteiger charge is 2.38. The van der Waals surface area contributed by atoms with Gasteiger partial charge in [0.15, 0.2) is 0 Å². The van der Waals surface area contributed by atoms with Gasteiger partial charge in [0, 0.05) is 24.0 Å². The number of hydrogen-bond acceptors (Lipinski definition) is 2. The molecule has 2 aliphatic rings. The van der Waals surface area contributed by atoms with Crippen molar-refractivity contribution in [2.75, 3.05) is 5.32 Å². The second-order valence-electron chi connectivity index (χ2n) is 5.64. The number of nitrogens with zero attached hydrogens (tertiary/aromatic N) is 1. The van der Waals surface area contributed by atoms with Crippen LogP contribution in [0, 0.1) is 11.7 Å². The van der Waals surface area contributed by atoms with E-state index in [9.17, 15) is 4.39 Å². The predicted molar refractivity (Wildman–Crippen MR) is 82.0 cm³/mol. The van der Waals surface area contributed by atoms with E-state index in [2.05, 4.69) is 22.5 Å². The molecule has 1 aromatic heterocycles. The minimum absolute atomic E-state index is 0.147. The van der Waals surface area contributed by atoms with Crippen molar-refractivity contribution < 1.29 is 4.39 Å². The monoisotopic (exact) mass is 300 g/mol. The minimum atomic E-state index is -0.183. The first-order valence-electron chi connectivity index (χ1n) is 7.05. The summed E-state index contributed by atoms with van der Waals surface area (Å²) in [6.07, 6.45) is 8.84. The molecule has 0 radical (unpaired) electrons. The lowest BCUT2D eigenvalue weighted by atomic mass is 9.77. The third kappa shape index (κ3) is 2.12. The SMILES string of the molecule is Fc1ccc2c(c1)C1C=CCC1C(c1cncc(Cl)c1)N2. The van der Waals surface area contributed by atoms with Crippen molar-refractivity contribution >= 4 is 17.3 Å². The number of nitrogens with one attached hydrogen (secondary N) is 1. The number of aromatic nitrogens is 1. The molecule has 0 saturated heterocycles. The summed E-state index contributed by atoms with van der Waals surface area (Å²) in [4.78, 5) is 4.19. The molecular formula is C17H14ClFN2. The van der Waals surface area contributed by atoms with Crippen LogP contribution in [0.3, 0.4) is 0 Å². The Bertz CT molecular complexity index is 728. The van der Waals surface area contributed by atoms with Gasteiger partial charge in [-0.3, -0.25) is 4.98 Å². The molecule has 2 heterocycles. The van der Waals surface area contributed by atoms with E-state index in [1.54, 1.807) is 12.3 Å². The number of rotatable bonds is 1. The first kappa shape index (κ1) is 12.8. The van der Waals surface area contributed by atoms with Crippen LogP contribution in [-0.2, 0) is 0 Å². The highest BCUT2D eigenvalue weighted by Crippen LogP contribution is 2.49. The maximum atomic E-state index is 13.5. The predicted octanol–water partition coefficient (Wildman–Crippen LogP) is 4.70. The first-order chi connectivity index (χ1) is 10.2. The number of fused-ring (bicyclic) bond motifs is 3. The van der Waals surface area contributed by atoms with E-state index in [0.29, 0.717) is 10.9 Å². The van der Waals surface area contributed by atoms with E-state index < -0.39 is 0 Å². The molecule has 4 rings (SSSR count). The number of allylic oxidation sites excluding steroid dienone is 2. The Kier molecular flexibility index (Phi) is 2.96. The van der Waals surface area contributed by atoms with Crippen molar-refractivity contribution in [3.63, 3.8) is 0 Å². The van der Waals surface area contributed by atoms with E-state index in [1.165, 1.54) is 6.07 Å². The number of benzene rings is 1. The average Bonchev–Trinajstić information content (AvgIpc) is 2.96. The standard InChI is InChI=1S/C17H14ClFN2/c18-11-6-10(8-20-9-11)17-14-3-1-2-13(14)15-7-12(19)4-5-16(15)21-17/h1-2,4-9,13-14,17,21H,3H2. The summed E-state index contributed by atoms with van der Waals surface area (Å²) in [5.74, 6) is 0.443. The van der Waals surface area contributed by atoms with Gasteiger partial charge in [-0.2, -0.15) is 0 Å². The zero-order valence-electron chi connectivity index (χ0n) is 11.3. The average molecular weight is 301 g/mol. The van der Waals surface area contributed by atoms with Gasteiger partial charge in [0.25, 0.3) is 0 Å². The van der Waals surface area contributed by atoms with E-state index in [0.717, 1.165) is 23.2 Å². The topological polar surface area (TPSA) is 24.9 Å². The second kappa shape index (κ2) is 4.85. The Morgan fingerprint density at radius 1 is 1.24 bits per heavy atom. The van der Waals surface area contributed by atoms with Crippen molar-refractivity contribution in [1.82, 2.24) is 4.98 Å². The van der Waals surface area contributed by atoms with E-state index in [1.807, 2.05) is 18.3 Å². The van der Waals surface area contributed by atoms with Crippen molar-refractivity contribution in [2.24, 2.45) is 5.92 Å². The van der Waals surface area contributed by atoms with Crippen LogP contribution in [0.5, 0.6) is 0 Å². The fourth-order valence-corrected chi connectivity index (χ4v) is 3.68. The lowest BCUT2D eigenvalue weighted by Gasteiger charge is -2.37. The number of pyridine rings is 1. The van der Waals surface area contributed by atoms with Crippen LogP contribution >= 0.6 is 11.6 Å². The van der Waals surface area contributed by atoms with Crippen LogP contribution in [-0.4, -0.2) is 4.98 Å². The number of halogens is 2. The molecule has 1 aliphatic carbocycles. The van der Waals surface area contributed by atoms with Crippen LogP contribution < -0.4 is 5.32 Å². The largest absolute Gasteiger partial charge is 0.378 e. The lowest BCUT2D eigenvalue weighted by molar-refractivity contribution is 0.423. The molecule has 106 valence electrons. The smallest absolute Gasteiger partial charge is 0.123 e. The molecule has 2 aromatic rings. The quantitative estimate of drug-likeness (QED) is 0.772. The molecule has 0 saturated carbocycles. The third-order valence-corrected chi connectivity index (χ3v) is 4.62. The van der Waals surface area contributed by atoms with Gasteiger partial charge >= 0.3 is 0 Å². The molecule has 0 fully saturated rings. The van der Waals surface area contributed by atoms with Crippen molar-refractivity contribution in [3.05, 3.63) is 70.8 Å². The molecular weight excluding hydrogens is 287 g/mol. The van der Waals surface area contributed by atoms with Crippen molar-refractivity contribution in [1.29, 1.82) is 0 Å². The van der Waals surface area contributed by atoms with E-state index in [-0.39, 0.29) is 17.8 Å². The molecule has 0 spiro atoms. The molecule has 3 atom stereocenters. The van der Waals surface area contributed by atoms with Gasteiger partial charge in [0.2, 0.25) is 0 Å². The Labute approximate surface area is 127 Å². The molecule has 4 heteroatoms. The summed E-state index contributed by atoms with van der Waals surface area (Å²) in [7, 11) is 0. The fourth-order valence-electron chi connectivity index (χ4n) is 3.49. The van der Waals surface area contributed by atoms with E-state index >= 15 is 0 Å². The van der Waals surface area contributed by atoms with Crippen LogP contribution in [0.25, 0.3) is 0 Å². The molecule has 2 nitrogen and oxygen atoms in total. The van der Waals surface area contributed by atoms with Gasteiger partial charge in [0.1, 0.15) is 5.82 Å². The Morgan fingerprint density at radius 2 is 2.14 bits per heavy atom. The maximum Gasteiger partial charge on any atom is 0.123 e. The molecule has 1 aromatic carbocycles. The van der Waals surface area contributed by atoms with Gasteiger partial charge in [0.05, 0.1) is 11.1 Å².